The van der Waals surface area contributed by atoms with Crippen molar-refractivity contribution in [3.63, 3.8) is 0 Å². The maximum Gasteiger partial charge on any atom is 0.308 e. The van der Waals surface area contributed by atoms with Crippen LogP contribution in [-0.2, 0) is 4.79 Å². The third-order valence-corrected chi connectivity index (χ3v) is 3.97. The van der Waals surface area contributed by atoms with Gasteiger partial charge >= 0.3 is 5.97 Å². The zero-order valence-electron chi connectivity index (χ0n) is 11.9. The van der Waals surface area contributed by atoms with Crippen LogP contribution < -0.4 is 0 Å². The molecule has 1 aromatic rings. The molecule has 0 amide bonds. The van der Waals surface area contributed by atoms with Crippen molar-refractivity contribution < 1.29 is 18.7 Å². The van der Waals surface area contributed by atoms with Crippen LogP contribution in [0.25, 0.3) is 0 Å². The molecule has 0 aliphatic carbocycles. The molecule has 1 aliphatic rings. The summed E-state index contributed by atoms with van der Waals surface area (Å²) in [5, 5.41) is 9.35. The second kappa shape index (κ2) is 5.13. The minimum Gasteiger partial charge on any atom is -0.481 e. The van der Waals surface area contributed by atoms with Gasteiger partial charge in [0.15, 0.2) is 11.6 Å². The van der Waals surface area contributed by atoms with Crippen molar-refractivity contribution in [3.8, 4) is 0 Å². The highest BCUT2D eigenvalue weighted by Gasteiger charge is 2.43. The number of carboxylic acids is 1. The Labute approximate surface area is 117 Å². The van der Waals surface area contributed by atoms with E-state index in [9.17, 15) is 18.7 Å². The quantitative estimate of drug-likeness (QED) is 0.907. The summed E-state index contributed by atoms with van der Waals surface area (Å²) in [7, 11) is 0. The maximum absolute atomic E-state index is 13.9. The van der Waals surface area contributed by atoms with Crippen molar-refractivity contribution in [2.75, 3.05) is 13.1 Å². The summed E-state index contributed by atoms with van der Waals surface area (Å²) in [5.41, 5.74) is -0.0455. The highest BCUT2D eigenvalue weighted by molar-refractivity contribution is 5.72. The number of carbonyl (C=O) groups is 1. The third kappa shape index (κ3) is 2.68. The first-order chi connectivity index (χ1) is 9.21. The molecule has 1 fully saturated rings. The molecule has 2 atom stereocenters. The van der Waals surface area contributed by atoms with Gasteiger partial charge in [-0.15, -0.1) is 0 Å². The maximum atomic E-state index is 13.9. The van der Waals surface area contributed by atoms with Crippen LogP contribution in [-0.4, -0.2) is 34.6 Å². The number of carboxylic acid groups (broad SMARTS) is 1. The standard InChI is InChI=1S/C15H19F2NO2/c1-15(2,3)18-7-10(11(8-18)14(19)20)9-5-4-6-12(16)13(9)17/h4-6,10-11H,7-8H2,1-3H3,(H,19,20)/t10-,11+/m0/s1. The van der Waals surface area contributed by atoms with Crippen LogP contribution in [0.2, 0.25) is 0 Å². The van der Waals surface area contributed by atoms with Crippen molar-refractivity contribution in [1.29, 1.82) is 0 Å². The molecule has 1 aliphatic heterocycles. The van der Waals surface area contributed by atoms with Gasteiger partial charge in [0.2, 0.25) is 0 Å². The van der Waals surface area contributed by atoms with Crippen molar-refractivity contribution in [3.05, 3.63) is 35.4 Å². The molecule has 0 aromatic heterocycles. The first-order valence-electron chi connectivity index (χ1n) is 6.63. The van der Waals surface area contributed by atoms with Crippen LogP contribution in [0.15, 0.2) is 18.2 Å². The molecule has 0 saturated carbocycles. The van der Waals surface area contributed by atoms with Gasteiger partial charge < -0.3 is 5.11 Å². The van der Waals surface area contributed by atoms with Crippen molar-refractivity contribution in [2.24, 2.45) is 5.92 Å². The molecular weight excluding hydrogens is 264 g/mol. The first-order valence-corrected chi connectivity index (χ1v) is 6.63. The molecule has 20 heavy (non-hydrogen) atoms. The summed E-state index contributed by atoms with van der Waals surface area (Å²) in [6.45, 7) is 6.71. The van der Waals surface area contributed by atoms with Gasteiger partial charge in [-0.25, -0.2) is 8.78 Å². The largest absolute Gasteiger partial charge is 0.481 e. The predicted octanol–water partition coefficient (Wildman–Crippen LogP) is 2.86. The number of aliphatic carboxylic acids is 1. The molecule has 0 radical (unpaired) electrons. The number of halogens is 2. The lowest BCUT2D eigenvalue weighted by Crippen LogP contribution is -2.40. The zero-order valence-corrected chi connectivity index (χ0v) is 11.9. The van der Waals surface area contributed by atoms with Gasteiger partial charge in [0.25, 0.3) is 0 Å². The number of likely N-dealkylation sites (tertiary alicyclic amines) is 1. The molecular formula is C15H19F2NO2. The topological polar surface area (TPSA) is 40.5 Å². The molecule has 0 bridgehead atoms. The molecule has 2 rings (SSSR count). The first kappa shape index (κ1) is 14.9. The van der Waals surface area contributed by atoms with Crippen molar-refractivity contribution >= 4 is 5.97 Å². The average molecular weight is 283 g/mol. The Hall–Kier alpha value is -1.49. The van der Waals surface area contributed by atoms with E-state index in [4.69, 9.17) is 0 Å². The van der Waals surface area contributed by atoms with E-state index in [1.165, 1.54) is 12.1 Å². The van der Waals surface area contributed by atoms with Crippen LogP contribution >= 0.6 is 0 Å². The molecule has 5 heteroatoms. The minimum atomic E-state index is -0.967. The van der Waals surface area contributed by atoms with Crippen molar-refractivity contribution in [1.82, 2.24) is 4.90 Å². The SMILES string of the molecule is CC(C)(C)N1C[C@@H](C(=O)O)[C@H](c2cccc(F)c2F)C1. The number of benzene rings is 1. The Morgan fingerprint density at radius 2 is 1.95 bits per heavy atom. The lowest BCUT2D eigenvalue weighted by Gasteiger charge is -2.31. The molecule has 1 heterocycles. The van der Waals surface area contributed by atoms with E-state index < -0.39 is 29.4 Å². The van der Waals surface area contributed by atoms with Crippen LogP contribution in [0.5, 0.6) is 0 Å². The molecule has 110 valence electrons. The summed E-state index contributed by atoms with van der Waals surface area (Å²) < 4.78 is 27.3. The summed E-state index contributed by atoms with van der Waals surface area (Å²) in [4.78, 5) is 13.4. The monoisotopic (exact) mass is 283 g/mol. The number of hydrogen-bond donors (Lipinski definition) is 1. The zero-order chi connectivity index (χ0) is 15.1. The van der Waals surface area contributed by atoms with E-state index in [0.29, 0.717) is 13.1 Å². The smallest absolute Gasteiger partial charge is 0.308 e. The normalized spacial score (nSPS) is 24.1. The van der Waals surface area contributed by atoms with Gasteiger partial charge in [-0.3, -0.25) is 9.69 Å². The molecule has 3 nitrogen and oxygen atoms in total. The van der Waals surface area contributed by atoms with Gasteiger partial charge in [0.05, 0.1) is 5.92 Å². The lowest BCUT2D eigenvalue weighted by molar-refractivity contribution is -0.141. The fraction of sp³-hybridized carbons (Fsp3) is 0.533. The lowest BCUT2D eigenvalue weighted by atomic mass is 9.88. The average Bonchev–Trinajstić information content (AvgIpc) is 2.77. The van der Waals surface area contributed by atoms with Crippen LogP contribution in [0.4, 0.5) is 8.78 Å². The Bertz CT molecular complexity index is 525. The molecule has 1 saturated heterocycles. The van der Waals surface area contributed by atoms with E-state index in [0.717, 1.165) is 6.07 Å². The van der Waals surface area contributed by atoms with Crippen LogP contribution in [0.1, 0.15) is 32.3 Å². The number of hydrogen-bond acceptors (Lipinski definition) is 2. The van der Waals surface area contributed by atoms with Gasteiger partial charge in [0.1, 0.15) is 0 Å². The van der Waals surface area contributed by atoms with Gasteiger partial charge in [-0.2, -0.15) is 0 Å². The van der Waals surface area contributed by atoms with Crippen LogP contribution in [0.3, 0.4) is 0 Å². The Morgan fingerprint density at radius 1 is 1.30 bits per heavy atom. The van der Waals surface area contributed by atoms with E-state index in [1.807, 2.05) is 25.7 Å². The highest BCUT2D eigenvalue weighted by atomic mass is 19.2. The number of rotatable bonds is 2. The van der Waals surface area contributed by atoms with E-state index in [2.05, 4.69) is 0 Å². The second-order valence-corrected chi connectivity index (χ2v) is 6.27. The minimum absolute atomic E-state index is 0.157. The van der Waals surface area contributed by atoms with Crippen molar-refractivity contribution in [2.45, 2.75) is 32.2 Å². The molecule has 1 aromatic carbocycles. The number of nitrogens with zero attached hydrogens (tertiary/aromatic N) is 1. The van der Waals surface area contributed by atoms with E-state index in [-0.39, 0.29) is 11.1 Å². The fourth-order valence-electron chi connectivity index (χ4n) is 2.72. The Morgan fingerprint density at radius 3 is 2.50 bits per heavy atom. The summed E-state index contributed by atoms with van der Waals surface area (Å²) in [6.07, 6.45) is 0. The summed E-state index contributed by atoms with van der Waals surface area (Å²) >= 11 is 0. The predicted molar refractivity (Wildman–Crippen MR) is 71.6 cm³/mol. The van der Waals surface area contributed by atoms with Gasteiger partial charge in [-0.1, -0.05) is 12.1 Å². The molecule has 1 N–H and O–H groups in total. The summed E-state index contributed by atoms with van der Waals surface area (Å²) in [6, 6.07) is 3.95. The Kier molecular flexibility index (Phi) is 3.82. The van der Waals surface area contributed by atoms with E-state index in [1.54, 1.807) is 0 Å². The third-order valence-electron chi connectivity index (χ3n) is 3.97. The highest BCUT2D eigenvalue weighted by Crippen LogP contribution is 2.37. The summed E-state index contributed by atoms with van der Waals surface area (Å²) in [5.74, 6) is -4.07. The molecule has 0 unspecified atom stereocenters. The second-order valence-electron chi connectivity index (χ2n) is 6.27. The fourth-order valence-corrected chi connectivity index (χ4v) is 2.72. The Balaban J connectivity index is 2.38. The van der Waals surface area contributed by atoms with Crippen LogP contribution in [0, 0.1) is 17.6 Å². The van der Waals surface area contributed by atoms with Gasteiger partial charge in [0, 0.05) is 24.5 Å². The van der Waals surface area contributed by atoms with Gasteiger partial charge in [-0.05, 0) is 32.4 Å². The molecule has 0 spiro atoms. The van der Waals surface area contributed by atoms with E-state index >= 15 is 0 Å².